The Morgan fingerprint density at radius 3 is 3.11 bits per heavy atom. The number of rotatable bonds is 2. The number of amides is 1. The van der Waals surface area contributed by atoms with E-state index in [9.17, 15) is 9.90 Å². The summed E-state index contributed by atoms with van der Waals surface area (Å²) in [7, 11) is 0. The van der Waals surface area contributed by atoms with Crippen LogP contribution in [-0.4, -0.2) is 41.7 Å². The van der Waals surface area contributed by atoms with Crippen molar-refractivity contribution in [2.45, 2.75) is 31.3 Å². The van der Waals surface area contributed by atoms with Gasteiger partial charge in [0.2, 0.25) is 5.91 Å². The molecule has 2 aliphatic rings. The van der Waals surface area contributed by atoms with Crippen molar-refractivity contribution in [3.63, 3.8) is 0 Å². The molecule has 4 nitrogen and oxygen atoms in total. The highest BCUT2D eigenvalue weighted by Crippen LogP contribution is 2.28. The Morgan fingerprint density at radius 1 is 1.42 bits per heavy atom. The van der Waals surface area contributed by atoms with E-state index in [1.807, 2.05) is 17.0 Å². The minimum atomic E-state index is -0.0999. The first-order chi connectivity index (χ1) is 9.31. The van der Waals surface area contributed by atoms with E-state index in [1.165, 1.54) is 5.56 Å². The van der Waals surface area contributed by atoms with Crippen molar-refractivity contribution in [3.8, 4) is 0 Å². The number of aliphatic hydroxyl groups excluding tert-OH is 1. The van der Waals surface area contributed by atoms with Crippen LogP contribution in [0.3, 0.4) is 0 Å². The second-order valence-electron chi connectivity index (χ2n) is 5.39. The Hall–Kier alpha value is -1.39. The molecule has 3 rings (SSSR count). The molecule has 1 aromatic carbocycles. The zero-order valence-electron chi connectivity index (χ0n) is 11.0. The van der Waals surface area contributed by atoms with Crippen molar-refractivity contribution in [1.82, 2.24) is 10.2 Å². The third-order valence-corrected chi connectivity index (χ3v) is 4.26. The van der Waals surface area contributed by atoms with Crippen LogP contribution in [0.1, 0.15) is 29.9 Å². The van der Waals surface area contributed by atoms with Crippen molar-refractivity contribution in [2.24, 2.45) is 0 Å². The van der Waals surface area contributed by atoms with Gasteiger partial charge in [0, 0.05) is 19.6 Å². The van der Waals surface area contributed by atoms with E-state index >= 15 is 0 Å². The highest BCUT2D eigenvalue weighted by atomic mass is 16.3. The van der Waals surface area contributed by atoms with E-state index < -0.39 is 0 Å². The number of likely N-dealkylation sites (tertiary alicyclic amines) is 1. The molecule has 2 N–H and O–H groups in total. The average Bonchev–Trinajstić information content (AvgIpc) is 2.94. The van der Waals surface area contributed by atoms with Gasteiger partial charge in [-0.05, 0) is 24.0 Å². The Balaban J connectivity index is 1.85. The molecular weight excluding hydrogens is 240 g/mol. The molecule has 2 aliphatic heterocycles. The van der Waals surface area contributed by atoms with E-state index in [0.717, 1.165) is 31.5 Å². The third-order valence-electron chi connectivity index (χ3n) is 4.26. The second-order valence-corrected chi connectivity index (χ2v) is 5.39. The Kier molecular flexibility index (Phi) is 3.53. The summed E-state index contributed by atoms with van der Waals surface area (Å²) in [6.45, 7) is 2.39. The molecule has 4 heteroatoms. The van der Waals surface area contributed by atoms with Crippen LogP contribution < -0.4 is 5.32 Å². The Morgan fingerprint density at radius 2 is 2.26 bits per heavy atom. The van der Waals surface area contributed by atoms with Crippen LogP contribution in [0.2, 0.25) is 0 Å². The third kappa shape index (κ3) is 2.26. The largest absolute Gasteiger partial charge is 0.394 e. The molecule has 0 spiro atoms. The number of benzene rings is 1. The van der Waals surface area contributed by atoms with Crippen LogP contribution in [0.4, 0.5) is 0 Å². The average molecular weight is 260 g/mol. The summed E-state index contributed by atoms with van der Waals surface area (Å²) in [5, 5.41) is 12.7. The summed E-state index contributed by atoms with van der Waals surface area (Å²) in [6.07, 6.45) is 1.92. The summed E-state index contributed by atoms with van der Waals surface area (Å²) in [4.78, 5) is 14.6. The quantitative estimate of drug-likeness (QED) is 0.829. The zero-order chi connectivity index (χ0) is 13.2. The summed E-state index contributed by atoms with van der Waals surface area (Å²) in [6, 6.07) is 8.16. The van der Waals surface area contributed by atoms with Crippen LogP contribution in [-0.2, 0) is 11.3 Å². The molecule has 1 amide bonds. The fourth-order valence-electron chi connectivity index (χ4n) is 3.23. The first kappa shape index (κ1) is 12.6. The van der Waals surface area contributed by atoms with Crippen LogP contribution in [0, 0.1) is 0 Å². The molecule has 0 radical (unpaired) electrons. The summed E-state index contributed by atoms with van der Waals surface area (Å²) in [5.74, 6) is 0.0632. The molecule has 2 unspecified atom stereocenters. The molecule has 1 aromatic rings. The molecule has 0 bridgehead atoms. The molecule has 0 saturated carbocycles. The first-order valence-corrected chi connectivity index (χ1v) is 7.01. The summed E-state index contributed by atoms with van der Waals surface area (Å²) >= 11 is 0. The van der Waals surface area contributed by atoms with Crippen molar-refractivity contribution < 1.29 is 9.90 Å². The van der Waals surface area contributed by atoms with Crippen molar-refractivity contribution >= 4 is 5.91 Å². The molecule has 0 aromatic heterocycles. The van der Waals surface area contributed by atoms with E-state index in [2.05, 4.69) is 17.4 Å². The highest BCUT2D eigenvalue weighted by Gasteiger charge is 2.35. The van der Waals surface area contributed by atoms with Gasteiger partial charge in [-0.15, -0.1) is 0 Å². The monoisotopic (exact) mass is 260 g/mol. The van der Waals surface area contributed by atoms with Crippen LogP contribution in [0.5, 0.6) is 0 Å². The van der Waals surface area contributed by atoms with Gasteiger partial charge in [-0.1, -0.05) is 24.3 Å². The number of nitrogens with one attached hydrogen (secondary N) is 1. The lowest BCUT2D eigenvalue weighted by Crippen LogP contribution is -2.44. The van der Waals surface area contributed by atoms with Crippen LogP contribution in [0.25, 0.3) is 0 Å². The SMILES string of the molecule is O=C(C1CNCc2ccccc21)N1CCCC1CO. The second kappa shape index (κ2) is 5.31. The minimum absolute atomic E-state index is 0.0154. The van der Waals surface area contributed by atoms with Gasteiger partial charge in [-0.3, -0.25) is 4.79 Å². The number of hydrogen-bond donors (Lipinski definition) is 2. The maximum atomic E-state index is 12.7. The van der Waals surface area contributed by atoms with Gasteiger partial charge >= 0.3 is 0 Å². The van der Waals surface area contributed by atoms with Gasteiger partial charge in [0.25, 0.3) is 0 Å². The lowest BCUT2D eigenvalue weighted by atomic mass is 9.89. The van der Waals surface area contributed by atoms with Crippen LogP contribution >= 0.6 is 0 Å². The number of fused-ring (bicyclic) bond motifs is 1. The standard InChI is InChI=1S/C15H20N2O2/c18-10-12-5-3-7-17(12)15(19)14-9-16-8-11-4-1-2-6-13(11)14/h1-2,4,6,12,14,16,18H,3,5,7-10H2. The first-order valence-electron chi connectivity index (χ1n) is 7.01. The number of carbonyl (C=O) groups excluding carboxylic acids is 1. The number of carbonyl (C=O) groups is 1. The van der Waals surface area contributed by atoms with Crippen LogP contribution in [0.15, 0.2) is 24.3 Å². The summed E-state index contributed by atoms with van der Waals surface area (Å²) < 4.78 is 0. The Bertz CT molecular complexity index is 475. The zero-order valence-corrected chi connectivity index (χ0v) is 11.0. The fraction of sp³-hybridized carbons (Fsp3) is 0.533. The maximum absolute atomic E-state index is 12.7. The lowest BCUT2D eigenvalue weighted by Gasteiger charge is -2.31. The van der Waals surface area contributed by atoms with Gasteiger partial charge in [-0.25, -0.2) is 0 Å². The number of hydrogen-bond acceptors (Lipinski definition) is 3. The molecule has 0 aliphatic carbocycles. The normalized spacial score (nSPS) is 26.3. The van der Waals surface area contributed by atoms with Gasteiger partial charge in [0.05, 0.1) is 18.6 Å². The van der Waals surface area contributed by atoms with Crippen molar-refractivity contribution in [1.29, 1.82) is 0 Å². The summed E-state index contributed by atoms with van der Waals surface area (Å²) in [5.41, 5.74) is 2.36. The number of nitrogens with zero attached hydrogens (tertiary/aromatic N) is 1. The van der Waals surface area contributed by atoms with E-state index in [1.54, 1.807) is 0 Å². The lowest BCUT2D eigenvalue weighted by molar-refractivity contribution is -0.134. The minimum Gasteiger partial charge on any atom is -0.394 e. The Labute approximate surface area is 113 Å². The van der Waals surface area contributed by atoms with Gasteiger partial charge in [-0.2, -0.15) is 0 Å². The van der Waals surface area contributed by atoms with E-state index in [-0.39, 0.29) is 24.5 Å². The molecule has 102 valence electrons. The van der Waals surface area contributed by atoms with Crippen molar-refractivity contribution in [3.05, 3.63) is 35.4 Å². The fourth-order valence-corrected chi connectivity index (χ4v) is 3.23. The number of aliphatic hydroxyl groups is 1. The maximum Gasteiger partial charge on any atom is 0.231 e. The van der Waals surface area contributed by atoms with Crippen molar-refractivity contribution in [2.75, 3.05) is 19.7 Å². The molecule has 2 heterocycles. The van der Waals surface area contributed by atoms with Gasteiger partial charge in [0.15, 0.2) is 0 Å². The van der Waals surface area contributed by atoms with E-state index in [0.29, 0.717) is 6.54 Å². The smallest absolute Gasteiger partial charge is 0.231 e. The highest BCUT2D eigenvalue weighted by molar-refractivity contribution is 5.85. The van der Waals surface area contributed by atoms with Gasteiger partial charge in [0.1, 0.15) is 0 Å². The molecular formula is C15H20N2O2. The predicted molar refractivity (Wildman–Crippen MR) is 72.7 cm³/mol. The molecule has 1 fully saturated rings. The predicted octanol–water partition coefficient (Wildman–Crippen LogP) is 0.857. The topological polar surface area (TPSA) is 52.6 Å². The van der Waals surface area contributed by atoms with E-state index in [4.69, 9.17) is 0 Å². The molecule has 1 saturated heterocycles. The molecule has 2 atom stereocenters. The molecule has 19 heavy (non-hydrogen) atoms. The van der Waals surface area contributed by atoms with Gasteiger partial charge < -0.3 is 15.3 Å².